The van der Waals surface area contributed by atoms with Crippen LogP contribution in [0, 0.1) is 6.92 Å². The van der Waals surface area contributed by atoms with Gasteiger partial charge < -0.3 is 15.0 Å². The number of piperidine rings is 1. The van der Waals surface area contributed by atoms with E-state index in [1.165, 1.54) is 23.1 Å². The SMILES string of the molecule is Cc1ccc(OC2CCCN(C(=O)Nc3ccccc3C(F)(F)F)C2)nn1. The predicted molar refractivity (Wildman–Crippen MR) is 92.5 cm³/mol. The Morgan fingerprint density at radius 2 is 2.00 bits per heavy atom. The summed E-state index contributed by atoms with van der Waals surface area (Å²) in [4.78, 5) is 13.9. The summed E-state index contributed by atoms with van der Waals surface area (Å²) in [5.74, 6) is 0.357. The van der Waals surface area contributed by atoms with Gasteiger partial charge >= 0.3 is 12.2 Å². The first-order chi connectivity index (χ1) is 12.8. The Balaban J connectivity index is 1.64. The number of rotatable bonds is 3. The number of aryl methyl sites for hydroxylation is 1. The maximum absolute atomic E-state index is 13.1. The van der Waals surface area contributed by atoms with Crippen molar-refractivity contribution in [3.05, 3.63) is 47.7 Å². The molecule has 1 aromatic carbocycles. The van der Waals surface area contributed by atoms with E-state index < -0.39 is 17.8 Å². The first-order valence-electron chi connectivity index (χ1n) is 8.52. The summed E-state index contributed by atoms with van der Waals surface area (Å²) in [6, 6.07) is 7.78. The largest absolute Gasteiger partial charge is 0.471 e. The molecule has 1 aliphatic heterocycles. The van der Waals surface area contributed by atoms with Gasteiger partial charge in [-0.3, -0.25) is 0 Å². The van der Waals surface area contributed by atoms with Crippen molar-refractivity contribution in [3.8, 4) is 5.88 Å². The smallest absolute Gasteiger partial charge is 0.418 e. The van der Waals surface area contributed by atoms with Crippen molar-refractivity contribution < 1.29 is 22.7 Å². The Labute approximate surface area is 154 Å². The highest BCUT2D eigenvalue weighted by Crippen LogP contribution is 2.34. The standard InChI is InChI=1S/C18H19F3N4O2/c1-12-8-9-16(24-23-12)27-13-5-4-10-25(11-13)17(26)22-15-7-3-2-6-14(15)18(19,20)21/h2-3,6-9,13H,4-5,10-11H2,1H3,(H,22,26). The number of hydrogen-bond donors (Lipinski definition) is 1. The minimum Gasteiger partial charge on any atom is -0.471 e. The number of nitrogens with zero attached hydrogens (tertiary/aromatic N) is 3. The number of carbonyl (C=O) groups excluding carboxylic acids is 1. The Bertz CT molecular complexity index is 796. The van der Waals surface area contributed by atoms with Crippen molar-refractivity contribution in [2.45, 2.75) is 32.0 Å². The van der Waals surface area contributed by atoms with Crippen molar-refractivity contribution in [1.82, 2.24) is 15.1 Å². The van der Waals surface area contributed by atoms with E-state index in [0.29, 0.717) is 18.8 Å². The van der Waals surface area contributed by atoms with Crippen LogP contribution < -0.4 is 10.1 Å². The third-order valence-electron chi connectivity index (χ3n) is 4.20. The summed E-state index contributed by atoms with van der Waals surface area (Å²) in [6.07, 6.45) is -3.43. The fraction of sp³-hybridized carbons (Fsp3) is 0.389. The average molecular weight is 380 g/mol. The molecule has 27 heavy (non-hydrogen) atoms. The lowest BCUT2D eigenvalue weighted by Gasteiger charge is -2.32. The molecule has 144 valence electrons. The van der Waals surface area contributed by atoms with Crippen LogP contribution >= 0.6 is 0 Å². The number of anilines is 1. The van der Waals surface area contributed by atoms with Crippen LogP contribution in [0.15, 0.2) is 36.4 Å². The molecule has 2 amide bonds. The molecule has 0 aliphatic carbocycles. The summed E-state index contributed by atoms with van der Waals surface area (Å²) in [6.45, 7) is 2.51. The molecule has 9 heteroatoms. The Morgan fingerprint density at radius 3 is 2.70 bits per heavy atom. The van der Waals surface area contributed by atoms with Crippen LogP contribution in [0.25, 0.3) is 0 Å². The second-order valence-electron chi connectivity index (χ2n) is 6.31. The molecule has 0 saturated carbocycles. The maximum Gasteiger partial charge on any atom is 0.418 e. The minimum absolute atomic E-state index is 0.259. The number of alkyl halides is 3. The summed E-state index contributed by atoms with van der Waals surface area (Å²) in [7, 11) is 0. The van der Waals surface area contributed by atoms with E-state index in [1.54, 1.807) is 12.1 Å². The van der Waals surface area contributed by atoms with Crippen LogP contribution in [0.1, 0.15) is 24.1 Å². The maximum atomic E-state index is 13.1. The van der Waals surface area contributed by atoms with E-state index >= 15 is 0 Å². The number of para-hydroxylation sites is 1. The lowest BCUT2D eigenvalue weighted by Crippen LogP contribution is -2.46. The van der Waals surface area contributed by atoms with Crippen LogP contribution in [-0.4, -0.2) is 40.3 Å². The first kappa shape index (κ1) is 18.9. The van der Waals surface area contributed by atoms with Crippen molar-refractivity contribution >= 4 is 11.7 Å². The zero-order chi connectivity index (χ0) is 19.4. The van der Waals surface area contributed by atoms with Crippen LogP contribution in [0.3, 0.4) is 0 Å². The van der Waals surface area contributed by atoms with Gasteiger partial charge in [-0.15, -0.1) is 5.10 Å². The lowest BCUT2D eigenvalue weighted by atomic mass is 10.1. The molecule has 1 aliphatic rings. The number of urea groups is 1. The van der Waals surface area contributed by atoms with Gasteiger partial charge in [0.05, 0.1) is 23.5 Å². The Kier molecular flexibility index (Phi) is 5.48. The van der Waals surface area contributed by atoms with E-state index in [9.17, 15) is 18.0 Å². The van der Waals surface area contributed by atoms with Crippen LogP contribution in [0.4, 0.5) is 23.7 Å². The number of carbonyl (C=O) groups is 1. The molecule has 2 heterocycles. The van der Waals surface area contributed by atoms with E-state index in [4.69, 9.17) is 4.74 Å². The van der Waals surface area contributed by atoms with E-state index in [1.807, 2.05) is 6.92 Å². The quantitative estimate of drug-likeness (QED) is 0.878. The highest BCUT2D eigenvalue weighted by atomic mass is 19.4. The second kappa shape index (κ2) is 7.81. The van der Waals surface area contributed by atoms with E-state index in [0.717, 1.165) is 18.2 Å². The summed E-state index contributed by atoms with van der Waals surface area (Å²) < 4.78 is 45.0. The molecule has 1 atom stereocenters. The number of hydrogen-bond acceptors (Lipinski definition) is 4. The molecule has 1 fully saturated rings. The molecule has 1 N–H and O–H groups in total. The molecule has 0 spiro atoms. The summed E-state index contributed by atoms with van der Waals surface area (Å²) >= 11 is 0. The minimum atomic E-state index is -4.54. The van der Waals surface area contributed by atoms with Gasteiger partial charge in [-0.2, -0.15) is 18.3 Å². The first-order valence-corrected chi connectivity index (χ1v) is 8.52. The zero-order valence-electron chi connectivity index (χ0n) is 14.7. The van der Waals surface area contributed by atoms with E-state index in [2.05, 4.69) is 15.5 Å². The van der Waals surface area contributed by atoms with Crippen molar-refractivity contribution in [1.29, 1.82) is 0 Å². The topological polar surface area (TPSA) is 67.3 Å². The monoisotopic (exact) mass is 380 g/mol. The fourth-order valence-electron chi connectivity index (χ4n) is 2.87. The summed E-state index contributed by atoms with van der Waals surface area (Å²) in [5.41, 5.74) is -0.379. The number of amides is 2. The molecular weight excluding hydrogens is 361 g/mol. The third kappa shape index (κ3) is 4.87. The highest BCUT2D eigenvalue weighted by Gasteiger charge is 2.34. The molecule has 1 aromatic heterocycles. The predicted octanol–water partition coefficient (Wildman–Crippen LogP) is 3.88. The van der Waals surface area contributed by atoms with Gasteiger partial charge in [-0.1, -0.05) is 12.1 Å². The third-order valence-corrected chi connectivity index (χ3v) is 4.20. The van der Waals surface area contributed by atoms with Crippen molar-refractivity contribution in [2.24, 2.45) is 0 Å². The lowest BCUT2D eigenvalue weighted by molar-refractivity contribution is -0.136. The van der Waals surface area contributed by atoms with Gasteiger partial charge in [-0.25, -0.2) is 4.79 Å². The van der Waals surface area contributed by atoms with Gasteiger partial charge in [0, 0.05) is 12.6 Å². The number of ether oxygens (including phenoxy) is 1. The Hall–Kier alpha value is -2.84. The molecule has 1 unspecified atom stereocenters. The fourth-order valence-corrected chi connectivity index (χ4v) is 2.87. The van der Waals surface area contributed by atoms with Crippen LogP contribution in [0.2, 0.25) is 0 Å². The highest BCUT2D eigenvalue weighted by molar-refractivity contribution is 5.90. The normalized spacial score (nSPS) is 17.5. The second-order valence-corrected chi connectivity index (χ2v) is 6.31. The molecule has 3 rings (SSSR count). The molecular formula is C18H19F3N4O2. The van der Waals surface area contributed by atoms with Gasteiger partial charge in [0.1, 0.15) is 6.10 Å². The molecule has 2 aromatic rings. The average Bonchev–Trinajstić information content (AvgIpc) is 2.63. The summed E-state index contributed by atoms with van der Waals surface area (Å²) in [5, 5.41) is 10.2. The molecule has 0 bridgehead atoms. The van der Waals surface area contributed by atoms with Gasteiger partial charge in [0.15, 0.2) is 0 Å². The van der Waals surface area contributed by atoms with Crippen LogP contribution in [0.5, 0.6) is 5.88 Å². The molecule has 6 nitrogen and oxygen atoms in total. The number of aromatic nitrogens is 2. The van der Waals surface area contributed by atoms with Gasteiger partial charge in [0.25, 0.3) is 0 Å². The van der Waals surface area contributed by atoms with Crippen LogP contribution in [-0.2, 0) is 6.18 Å². The Morgan fingerprint density at radius 1 is 1.22 bits per heavy atom. The molecule has 0 radical (unpaired) electrons. The van der Waals surface area contributed by atoms with Gasteiger partial charge in [0.2, 0.25) is 5.88 Å². The zero-order valence-corrected chi connectivity index (χ0v) is 14.7. The number of halogens is 3. The number of nitrogens with one attached hydrogen (secondary N) is 1. The molecule has 1 saturated heterocycles. The van der Waals surface area contributed by atoms with Crippen molar-refractivity contribution in [3.63, 3.8) is 0 Å². The number of likely N-dealkylation sites (tertiary alicyclic amines) is 1. The van der Waals surface area contributed by atoms with E-state index in [-0.39, 0.29) is 18.3 Å². The van der Waals surface area contributed by atoms with Crippen molar-refractivity contribution in [2.75, 3.05) is 18.4 Å². The number of benzene rings is 1. The van der Waals surface area contributed by atoms with Gasteiger partial charge in [-0.05, 0) is 38.0 Å².